The summed E-state index contributed by atoms with van der Waals surface area (Å²) < 4.78 is 0. The van der Waals surface area contributed by atoms with Crippen LogP contribution in [0.15, 0.2) is 54.6 Å². The molecule has 0 spiro atoms. The number of fused-ring (bicyclic) bond motifs is 1. The molecule has 0 radical (unpaired) electrons. The van der Waals surface area contributed by atoms with Gasteiger partial charge >= 0.3 is 0 Å². The second kappa shape index (κ2) is 7.31. The molecule has 1 aliphatic heterocycles. The molecule has 1 saturated heterocycles. The molecule has 5 nitrogen and oxygen atoms in total. The molecular formula is C25H27N3O2. The van der Waals surface area contributed by atoms with Crippen LogP contribution in [0, 0.1) is 11.3 Å². The summed E-state index contributed by atoms with van der Waals surface area (Å²) in [6.45, 7) is 3.41. The topological polar surface area (TPSA) is 65.2 Å². The fourth-order valence-corrected chi connectivity index (χ4v) is 4.37. The quantitative estimate of drug-likeness (QED) is 0.659. The van der Waals surface area contributed by atoms with Gasteiger partial charge in [0.15, 0.2) is 0 Å². The van der Waals surface area contributed by atoms with Crippen molar-refractivity contribution in [2.75, 3.05) is 18.4 Å². The van der Waals surface area contributed by atoms with Crippen LogP contribution in [-0.4, -0.2) is 34.8 Å². The zero-order chi connectivity index (χ0) is 20.7. The third kappa shape index (κ3) is 3.60. The number of aromatic amines is 1. The molecule has 1 saturated carbocycles. The zero-order valence-electron chi connectivity index (χ0n) is 17.3. The molecule has 1 aromatic heterocycles. The monoisotopic (exact) mass is 401 g/mol. The molecule has 2 N–H and O–H groups in total. The van der Waals surface area contributed by atoms with Crippen LogP contribution in [0.5, 0.6) is 0 Å². The molecule has 0 atom stereocenters. The Morgan fingerprint density at radius 2 is 1.80 bits per heavy atom. The first-order valence-corrected chi connectivity index (χ1v) is 10.8. The Morgan fingerprint density at radius 3 is 2.53 bits per heavy atom. The average molecular weight is 402 g/mol. The van der Waals surface area contributed by atoms with Gasteiger partial charge in [-0.1, -0.05) is 37.3 Å². The molecule has 1 aliphatic carbocycles. The van der Waals surface area contributed by atoms with E-state index in [1.165, 1.54) is 5.39 Å². The summed E-state index contributed by atoms with van der Waals surface area (Å²) in [6, 6.07) is 18.3. The normalized spacial score (nSPS) is 18.4. The van der Waals surface area contributed by atoms with Crippen LogP contribution in [0.1, 0.15) is 32.6 Å². The highest BCUT2D eigenvalue weighted by molar-refractivity contribution is 5.94. The molecule has 0 bridgehead atoms. The predicted molar refractivity (Wildman–Crippen MR) is 119 cm³/mol. The van der Waals surface area contributed by atoms with Crippen molar-refractivity contribution in [3.63, 3.8) is 0 Å². The zero-order valence-corrected chi connectivity index (χ0v) is 17.3. The number of likely N-dealkylation sites (tertiary alicyclic amines) is 1. The van der Waals surface area contributed by atoms with Gasteiger partial charge in [0.05, 0.1) is 0 Å². The molecule has 3 aromatic rings. The summed E-state index contributed by atoms with van der Waals surface area (Å²) in [6.07, 6.45) is 3.46. The van der Waals surface area contributed by atoms with E-state index < -0.39 is 0 Å². The van der Waals surface area contributed by atoms with Gasteiger partial charge < -0.3 is 15.2 Å². The second-order valence-corrected chi connectivity index (χ2v) is 8.97. The van der Waals surface area contributed by atoms with Crippen LogP contribution in [-0.2, 0) is 9.59 Å². The number of rotatable bonds is 4. The average Bonchev–Trinajstić information content (AvgIpc) is 3.37. The van der Waals surface area contributed by atoms with Crippen molar-refractivity contribution in [2.45, 2.75) is 32.6 Å². The Morgan fingerprint density at radius 1 is 1.03 bits per heavy atom. The SMILES string of the molecule is CC1(C(=O)N2CCC(C(=O)Nc3cccc(-c4cc5ccccc5[nH]4)c3)CC2)CC1. The number of carbonyl (C=O) groups excluding carboxylic acids is 2. The van der Waals surface area contributed by atoms with Crippen molar-refractivity contribution >= 4 is 28.4 Å². The summed E-state index contributed by atoms with van der Waals surface area (Å²) in [5, 5.41) is 4.26. The van der Waals surface area contributed by atoms with Gasteiger partial charge in [-0.2, -0.15) is 0 Å². The van der Waals surface area contributed by atoms with E-state index in [9.17, 15) is 9.59 Å². The third-order valence-electron chi connectivity index (χ3n) is 6.64. The summed E-state index contributed by atoms with van der Waals surface area (Å²) in [4.78, 5) is 30.7. The minimum atomic E-state index is -0.127. The third-order valence-corrected chi connectivity index (χ3v) is 6.64. The first-order chi connectivity index (χ1) is 14.5. The van der Waals surface area contributed by atoms with Gasteiger partial charge in [0.1, 0.15) is 0 Å². The lowest BCUT2D eigenvalue weighted by molar-refractivity contribution is -0.139. The van der Waals surface area contributed by atoms with Crippen LogP contribution in [0.25, 0.3) is 22.2 Å². The number of hydrogen-bond donors (Lipinski definition) is 2. The number of hydrogen-bond acceptors (Lipinski definition) is 2. The predicted octanol–water partition coefficient (Wildman–Crippen LogP) is 4.81. The minimum Gasteiger partial charge on any atom is -0.355 e. The number of nitrogens with one attached hydrogen (secondary N) is 2. The Kier molecular flexibility index (Phi) is 4.61. The van der Waals surface area contributed by atoms with Crippen LogP contribution in [0.3, 0.4) is 0 Å². The van der Waals surface area contributed by atoms with E-state index >= 15 is 0 Å². The number of para-hydroxylation sites is 1. The molecule has 2 aliphatic rings. The molecule has 2 amide bonds. The Bertz CT molecular complexity index is 1070. The van der Waals surface area contributed by atoms with Crippen LogP contribution >= 0.6 is 0 Å². The van der Waals surface area contributed by atoms with Crippen LogP contribution < -0.4 is 5.32 Å². The Hall–Kier alpha value is -3.08. The number of nitrogens with zero attached hydrogens (tertiary/aromatic N) is 1. The lowest BCUT2D eigenvalue weighted by Crippen LogP contribution is -2.44. The van der Waals surface area contributed by atoms with Crippen molar-refractivity contribution in [3.8, 4) is 11.3 Å². The fraction of sp³-hybridized carbons (Fsp3) is 0.360. The van der Waals surface area contributed by atoms with E-state index in [0.717, 1.165) is 48.1 Å². The van der Waals surface area contributed by atoms with Crippen LogP contribution in [0.4, 0.5) is 5.69 Å². The van der Waals surface area contributed by atoms with Crippen molar-refractivity contribution in [3.05, 3.63) is 54.6 Å². The first-order valence-electron chi connectivity index (χ1n) is 10.8. The number of amides is 2. The molecule has 0 unspecified atom stereocenters. The maximum Gasteiger partial charge on any atom is 0.228 e. The minimum absolute atomic E-state index is 0.0437. The van der Waals surface area contributed by atoms with E-state index in [2.05, 4.69) is 28.5 Å². The maximum absolute atomic E-state index is 12.8. The number of H-pyrrole nitrogens is 1. The smallest absolute Gasteiger partial charge is 0.228 e. The van der Waals surface area contributed by atoms with Gasteiger partial charge in [0, 0.05) is 52.3 Å². The standard InChI is InChI=1S/C25H27N3O2/c1-25(11-12-25)24(30)28-13-9-17(10-14-28)23(29)26-20-7-4-6-18(15-20)22-16-19-5-2-3-8-21(19)27-22/h2-8,15-17,27H,9-14H2,1H3,(H,26,29). The van der Waals surface area contributed by atoms with E-state index in [1.807, 2.05) is 48.2 Å². The lowest BCUT2D eigenvalue weighted by atomic mass is 9.94. The van der Waals surface area contributed by atoms with Gasteiger partial charge in [0.25, 0.3) is 0 Å². The highest BCUT2D eigenvalue weighted by Crippen LogP contribution is 2.47. The van der Waals surface area contributed by atoms with Gasteiger partial charge in [-0.3, -0.25) is 9.59 Å². The van der Waals surface area contributed by atoms with E-state index in [-0.39, 0.29) is 23.1 Å². The lowest BCUT2D eigenvalue weighted by Gasteiger charge is -2.33. The molecule has 154 valence electrons. The van der Waals surface area contributed by atoms with Gasteiger partial charge in [-0.15, -0.1) is 0 Å². The number of carbonyl (C=O) groups is 2. The molecule has 5 heteroatoms. The van der Waals surface area contributed by atoms with Gasteiger partial charge in [0.2, 0.25) is 11.8 Å². The highest BCUT2D eigenvalue weighted by atomic mass is 16.2. The summed E-state index contributed by atoms with van der Waals surface area (Å²) in [7, 11) is 0. The molecule has 2 aromatic carbocycles. The Labute approximate surface area is 176 Å². The van der Waals surface area contributed by atoms with Crippen molar-refractivity contribution in [1.82, 2.24) is 9.88 Å². The maximum atomic E-state index is 12.8. The van der Waals surface area contributed by atoms with E-state index in [1.54, 1.807) is 0 Å². The van der Waals surface area contributed by atoms with E-state index in [0.29, 0.717) is 13.1 Å². The van der Waals surface area contributed by atoms with Gasteiger partial charge in [-0.05, 0) is 49.9 Å². The summed E-state index contributed by atoms with van der Waals surface area (Å²) in [5.41, 5.74) is 3.86. The van der Waals surface area contributed by atoms with Gasteiger partial charge in [-0.25, -0.2) is 0 Å². The Balaban J connectivity index is 1.23. The van der Waals surface area contributed by atoms with Crippen molar-refractivity contribution in [1.29, 1.82) is 0 Å². The van der Waals surface area contributed by atoms with Crippen LogP contribution in [0.2, 0.25) is 0 Å². The molecule has 2 fully saturated rings. The molecule has 2 heterocycles. The number of piperidine rings is 1. The number of anilines is 1. The second-order valence-electron chi connectivity index (χ2n) is 8.97. The van der Waals surface area contributed by atoms with Crippen molar-refractivity contribution < 1.29 is 9.59 Å². The molecule has 30 heavy (non-hydrogen) atoms. The summed E-state index contributed by atoms with van der Waals surface area (Å²) >= 11 is 0. The summed E-state index contributed by atoms with van der Waals surface area (Å²) in [5.74, 6) is 0.277. The highest BCUT2D eigenvalue weighted by Gasteiger charge is 2.47. The number of aromatic nitrogens is 1. The fourth-order valence-electron chi connectivity index (χ4n) is 4.37. The largest absolute Gasteiger partial charge is 0.355 e. The van der Waals surface area contributed by atoms with E-state index in [4.69, 9.17) is 0 Å². The molecular weight excluding hydrogens is 374 g/mol. The molecule has 5 rings (SSSR count). The van der Waals surface area contributed by atoms with Crippen molar-refractivity contribution in [2.24, 2.45) is 11.3 Å². The number of benzene rings is 2. The first kappa shape index (κ1) is 18.9.